The first-order chi connectivity index (χ1) is 12.8. The van der Waals surface area contributed by atoms with Crippen LogP contribution in [0.15, 0.2) is 48.5 Å². The Bertz CT molecular complexity index is 737. The Morgan fingerprint density at radius 2 is 1.56 bits per heavy atom. The molecule has 2 aromatic carbocycles. The number of alkyl halides is 3. The number of rotatable bonds is 7. The van der Waals surface area contributed by atoms with E-state index in [-0.39, 0.29) is 5.75 Å². The molecular weight excluding hydrogens is 381 g/mol. The van der Waals surface area contributed by atoms with Crippen LogP contribution in [-0.2, 0) is 0 Å². The van der Waals surface area contributed by atoms with E-state index in [2.05, 4.69) is 10.1 Å². The van der Waals surface area contributed by atoms with Crippen LogP contribution in [0.25, 0.3) is 0 Å². The molecule has 0 bridgehead atoms. The molecule has 0 aliphatic carbocycles. The van der Waals surface area contributed by atoms with Crippen molar-refractivity contribution in [2.24, 2.45) is 0 Å². The Morgan fingerprint density at radius 1 is 1.00 bits per heavy atom. The Hall–Kier alpha value is -2.68. The highest BCUT2D eigenvalue weighted by Gasteiger charge is 2.30. The molecule has 0 spiro atoms. The monoisotopic (exact) mass is 400 g/mol. The number of nitrogens with zero attached hydrogens (tertiary/aromatic N) is 1. The second kappa shape index (κ2) is 9.31. The molecule has 0 saturated carbocycles. The van der Waals surface area contributed by atoms with Crippen LogP contribution in [0.1, 0.15) is 0 Å². The first-order valence-electron chi connectivity index (χ1n) is 7.91. The molecule has 0 fully saturated rings. The minimum atomic E-state index is -4.71. The number of likely N-dealkylation sites (N-methyl/N-ethyl adjacent to an activating group) is 1. The first kappa shape index (κ1) is 20.6. The van der Waals surface area contributed by atoms with Crippen molar-refractivity contribution < 1.29 is 27.4 Å². The van der Waals surface area contributed by atoms with E-state index in [9.17, 15) is 13.2 Å². The van der Waals surface area contributed by atoms with Gasteiger partial charge in [0.1, 0.15) is 23.9 Å². The summed E-state index contributed by atoms with van der Waals surface area (Å²) in [5.41, 5.74) is 0.553. The van der Waals surface area contributed by atoms with E-state index in [1.807, 2.05) is 0 Å². The maximum absolute atomic E-state index is 12.2. The molecular formula is C18H19F3N2O3S. The van der Waals surface area contributed by atoms with Gasteiger partial charge in [-0.2, -0.15) is 0 Å². The summed E-state index contributed by atoms with van der Waals surface area (Å²) in [5.74, 6) is 1.17. The average Bonchev–Trinajstić information content (AvgIpc) is 2.62. The van der Waals surface area contributed by atoms with Gasteiger partial charge in [-0.1, -0.05) is 0 Å². The highest BCUT2D eigenvalue weighted by atomic mass is 32.1. The van der Waals surface area contributed by atoms with Crippen molar-refractivity contribution in [2.75, 3.05) is 32.6 Å². The summed E-state index contributed by atoms with van der Waals surface area (Å²) in [6.45, 7) is 0.927. The third kappa shape index (κ3) is 7.22. The van der Waals surface area contributed by atoms with Crippen LogP contribution < -0.4 is 19.5 Å². The van der Waals surface area contributed by atoms with Gasteiger partial charge in [-0.3, -0.25) is 0 Å². The topological polar surface area (TPSA) is 43.0 Å². The number of anilines is 1. The zero-order chi connectivity index (χ0) is 19.9. The standard InChI is InChI=1S/C18H19F3N2O3S/c1-23(11-12-25-15-9-7-14(24-2)8-10-15)17(27)22-13-3-5-16(6-4-13)26-18(19,20)21/h3-10H,11-12H2,1-2H3,(H,22,27). The fraction of sp³-hybridized carbons (Fsp3) is 0.278. The zero-order valence-corrected chi connectivity index (χ0v) is 15.6. The maximum Gasteiger partial charge on any atom is 0.573 e. The van der Waals surface area contributed by atoms with Gasteiger partial charge in [0.25, 0.3) is 0 Å². The Labute approximate surface area is 160 Å². The molecule has 0 aliphatic rings. The summed E-state index contributed by atoms with van der Waals surface area (Å²) < 4.78 is 51.0. The van der Waals surface area contributed by atoms with E-state index >= 15 is 0 Å². The predicted molar refractivity (Wildman–Crippen MR) is 100 cm³/mol. The molecule has 0 amide bonds. The largest absolute Gasteiger partial charge is 0.573 e. The molecule has 9 heteroatoms. The van der Waals surface area contributed by atoms with Gasteiger partial charge in [0.05, 0.1) is 13.7 Å². The molecule has 146 valence electrons. The molecule has 5 nitrogen and oxygen atoms in total. The lowest BCUT2D eigenvalue weighted by Gasteiger charge is -2.21. The molecule has 0 unspecified atom stereocenters. The number of nitrogens with one attached hydrogen (secondary N) is 1. The van der Waals surface area contributed by atoms with Gasteiger partial charge in [0, 0.05) is 12.7 Å². The van der Waals surface area contributed by atoms with E-state index in [1.54, 1.807) is 43.3 Å². The smallest absolute Gasteiger partial charge is 0.497 e. The SMILES string of the molecule is COc1ccc(OCCN(C)C(=S)Nc2ccc(OC(F)(F)F)cc2)cc1. The Kier molecular flexibility index (Phi) is 7.12. The van der Waals surface area contributed by atoms with Crippen molar-refractivity contribution in [3.63, 3.8) is 0 Å². The zero-order valence-electron chi connectivity index (χ0n) is 14.7. The van der Waals surface area contributed by atoms with E-state index in [0.717, 1.165) is 5.75 Å². The van der Waals surface area contributed by atoms with Crippen molar-refractivity contribution in [1.29, 1.82) is 0 Å². The number of hydrogen-bond acceptors (Lipinski definition) is 4. The number of thiocarbonyl (C=S) groups is 1. The fourth-order valence-electron chi connectivity index (χ4n) is 2.03. The molecule has 0 radical (unpaired) electrons. The van der Waals surface area contributed by atoms with E-state index in [1.165, 1.54) is 24.3 Å². The highest BCUT2D eigenvalue weighted by Crippen LogP contribution is 2.24. The lowest BCUT2D eigenvalue weighted by Crippen LogP contribution is -2.34. The Balaban J connectivity index is 1.77. The molecule has 27 heavy (non-hydrogen) atoms. The van der Waals surface area contributed by atoms with Gasteiger partial charge in [0.15, 0.2) is 5.11 Å². The summed E-state index contributed by atoms with van der Waals surface area (Å²) in [5, 5.41) is 3.36. The summed E-state index contributed by atoms with van der Waals surface area (Å²) in [6.07, 6.45) is -4.71. The molecule has 2 aromatic rings. The van der Waals surface area contributed by atoms with Crippen molar-refractivity contribution in [3.8, 4) is 17.2 Å². The third-order valence-corrected chi connectivity index (χ3v) is 3.85. The summed E-state index contributed by atoms with van der Waals surface area (Å²) in [4.78, 5) is 1.76. The van der Waals surface area contributed by atoms with Crippen LogP contribution in [-0.4, -0.2) is 43.7 Å². The van der Waals surface area contributed by atoms with Gasteiger partial charge < -0.3 is 24.4 Å². The third-order valence-electron chi connectivity index (χ3n) is 3.44. The lowest BCUT2D eigenvalue weighted by molar-refractivity contribution is -0.274. The van der Waals surface area contributed by atoms with E-state index in [4.69, 9.17) is 21.7 Å². The highest BCUT2D eigenvalue weighted by molar-refractivity contribution is 7.80. The minimum Gasteiger partial charge on any atom is -0.497 e. The molecule has 1 N–H and O–H groups in total. The number of hydrogen-bond donors (Lipinski definition) is 1. The molecule has 0 aliphatic heterocycles. The van der Waals surface area contributed by atoms with Gasteiger partial charge in [-0.05, 0) is 60.7 Å². The second-order valence-electron chi connectivity index (χ2n) is 5.45. The number of benzene rings is 2. The van der Waals surface area contributed by atoms with Crippen molar-refractivity contribution in [2.45, 2.75) is 6.36 Å². The van der Waals surface area contributed by atoms with Crippen molar-refractivity contribution in [3.05, 3.63) is 48.5 Å². The normalized spacial score (nSPS) is 10.9. The van der Waals surface area contributed by atoms with Crippen LogP contribution in [0.4, 0.5) is 18.9 Å². The van der Waals surface area contributed by atoms with Crippen LogP contribution >= 0.6 is 12.2 Å². The molecule has 2 rings (SSSR count). The van der Waals surface area contributed by atoms with Crippen LogP contribution in [0.3, 0.4) is 0 Å². The van der Waals surface area contributed by atoms with Gasteiger partial charge in [-0.25, -0.2) is 0 Å². The fourth-order valence-corrected chi connectivity index (χ4v) is 2.24. The lowest BCUT2D eigenvalue weighted by atomic mass is 10.3. The second-order valence-corrected chi connectivity index (χ2v) is 5.83. The van der Waals surface area contributed by atoms with Gasteiger partial charge in [0.2, 0.25) is 0 Å². The molecule has 0 aromatic heterocycles. The summed E-state index contributed by atoms with van der Waals surface area (Å²) in [6, 6.07) is 12.6. The van der Waals surface area contributed by atoms with Crippen LogP contribution in [0.5, 0.6) is 17.2 Å². The summed E-state index contributed by atoms with van der Waals surface area (Å²) >= 11 is 5.27. The number of ether oxygens (including phenoxy) is 3. The average molecular weight is 400 g/mol. The first-order valence-corrected chi connectivity index (χ1v) is 8.32. The quantitative estimate of drug-likeness (QED) is 0.699. The van der Waals surface area contributed by atoms with Gasteiger partial charge >= 0.3 is 6.36 Å². The van der Waals surface area contributed by atoms with E-state index in [0.29, 0.717) is 29.7 Å². The molecule has 0 heterocycles. The van der Waals surface area contributed by atoms with Crippen LogP contribution in [0.2, 0.25) is 0 Å². The van der Waals surface area contributed by atoms with Gasteiger partial charge in [-0.15, -0.1) is 13.2 Å². The van der Waals surface area contributed by atoms with Crippen molar-refractivity contribution in [1.82, 2.24) is 4.90 Å². The van der Waals surface area contributed by atoms with Crippen LogP contribution in [0, 0.1) is 0 Å². The molecule has 0 saturated heterocycles. The predicted octanol–water partition coefficient (Wildman–Crippen LogP) is 4.30. The summed E-state index contributed by atoms with van der Waals surface area (Å²) in [7, 11) is 3.38. The minimum absolute atomic E-state index is 0.291. The van der Waals surface area contributed by atoms with Crippen molar-refractivity contribution >= 4 is 23.0 Å². The van der Waals surface area contributed by atoms with E-state index < -0.39 is 6.36 Å². The number of methoxy groups -OCH3 is 1. The number of halogens is 3. The maximum atomic E-state index is 12.2. The Morgan fingerprint density at radius 3 is 2.11 bits per heavy atom. The molecule has 0 atom stereocenters.